The predicted molar refractivity (Wildman–Crippen MR) is 111 cm³/mol. The van der Waals surface area contributed by atoms with Crippen molar-refractivity contribution in [1.29, 1.82) is 0 Å². The van der Waals surface area contributed by atoms with Gasteiger partial charge in [-0.2, -0.15) is 0 Å². The van der Waals surface area contributed by atoms with Gasteiger partial charge < -0.3 is 15.8 Å². The van der Waals surface area contributed by atoms with Crippen LogP contribution in [0.1, 0.15) is 64.2 Å². The molecule has 0 spiro atoms. The van der Waals surface area contributed by atoms with Gasteiger partial charge in [0.1, 0.15) is 5.78 Å². The molecule has 1 aliphatic heterocycles. The first-order chi connectivity index (χ1) is 14.5. The maximum atomic E-state index is 13.6. The number of rotatable bonds is 3. The van der Waals surface area contributed by atoms with Crippen molar-refractivity contribution in [2.24, 2.45) is 29.6 Å². The molecule has 4 fully saturated rings. The van der Waals surface area contributed by atoms with E-state index in [1.165, 1.54) is 0 Å². The Morgan fingerprint density at radius 2 is 1.61 bits per heavy atom. The van der Waals surface area contributed by atoms with E-state index in [2.05, 4.69) is 5.32 Å². The van der Waals surface area contributed by atoms with Crippen molar-refractivity contribution >= 4 is 17.5 Å². The molecule has 1 heterocycles. The Morgan fingerprint density at radius 3 is 2.29 bits per heavy atom. The van der Waals surface area contributed by atoms with E-state index < -0.39 is 12.0 Å². The van der Waals surface area contributed by atoms with Crippen LogP contribution in [0.5, 0.6) is 0 Å². The molecule has 5 aliphatic rings. The summed E-state index contributed by atoms with van der Waals surface area (Å²) in [4.78, 5) is 40.5. The van der Waals surface area contributed by atoms with Crippen molar-refractivity contribution in [3.8, 4) is 0 Å². The number of fused-ring (bicyclic) bond motifs is 2. The number of hydrogen-bond donors (Lipinski definition) is 1. The van der Waals surface area contributed by atoms with Crippen LogP contribution in [0, 0.1) is 29.6 Å². The van der Waals surface area contributed by atoms with E-state index in [-0.39, 0.29) is 86.0 Å². The Bertz CT molecular complexity index is 790. The first-order valence-electron chi connectivity index (χ1n) is 11.9. The third-order valence-electron chi connectivity index (χ3n) is 8.65. The molecule has 5 rings (SSSR count). The average molecular weight is 502 g/mol. The zero-order valence-electron chi connectivity index (χ0n) is 18.4. The summed E-state index contributed by atoms with van der Waals surface area (Å²) in [5.41, 5.74) is 10.0. The van der Waals surface area contributed by atoms with E-state index in [1.807, 2.05) is 0 Å². The summed E-state index contributed by atoms with van der Waals surface area (Å²) in [6.07, 6.45) is 8.87. The van der Waals surface area contributed by atoms with Crippen LogP contribution in [-0.2, 0) is 51.8 Å². The largest absolute Gasteiger partial charge is 0.674 e. The molecule has 4 aliphatic carbocycles. The van der Waals surface area contributed by atoms with Crippen molar-refractivity contribution in [3.05, 3.63) is 16.9 Å². The third-order valence-corrected chi connectivity index (χ3v) is 8.65. The molecule has 0 aromatic heterocycles. The molecule has 1 amide bonds. The molecular formula is C24H33N2O4Y-. The summed E-state index contributed by atoms with van der Waals surface area (Å²) in [5, 5.41) is 3.08. The monoisotopic (exact) mass is 502 g/mol. The summed E-state index contributed by atoms with van der Waals surface area (Å²) in [6.45, 7) is 0. The second-order valence-corrected chi connectivity index (χ2v) is 10.1. The van der Waals surface area contributed by atoms with Crippen LogP contribution in [0.4, 0.5) is 0 Å². The molecule has 2 N–H and O–H groups in total. The van der Waals surface area contributed by atoms with Gasteiger partial charge in [0.15, 0.2) is 5.78 Å². The van der Waals surface area contributed by atoms with Crippen molar-refractivity contribution in [1.82, 2.24) is 5.32 Å². The van der Waals surface area contributed by atoms with Crippen LogP contribution in [0.2, 0.25) is 0 Å². The van der Waals surface area contributed by atoms with Gasteiger partial charge in [-0.3, -0.25) is 14.4 Å². The van der Waals surface area contributed by atoms with E-state index in [1.54, 1.807) is 7.11 Å². The second-order valence-electron chi connectivity index (χ2n) is 10.1. The van der Waals surface area contributed by atoms with Gasteiger partial charge in [-0.15, -0.1) is 6.04 Å². The number of Topliss-reactive ketones (excluding diaryl/α,β-unsaturated/α-hetero) is 2. The summed E-state index contributed by atoms with van der Waals surface area (Å²) < 4.78 is 5.67. The fraction of sp³-hybridized carbons (Fsp3) is 0.792. The molecule has 0 bridgehead atoms. The Balaban J connectivity index is 0.00000231. The Labute approximate surface area is 209 Å². The minimum atomic E-state index is -0.539. The minimum absolute atomic E-state index is 0. The van der Waals surface area contributed by atoms with Crippen LogP contribution in [0.25, 0.3) is 5.73 Å². The number of methoxy groups -OCH3 is 1. The number of carbonyl (C=O) groups is 3. The quantitative estimate of drug-likeness (QED) is 0.599. The maximum absolute atomic E-state index is 13.6. The number of ketones is 2. The molecule has 7 heteroatoms. The van der Waals surface area contributed by atoms with E-state index in [9.17, 15) is 14.4 Å². The normalized spacial score (nSPS) is 40.4. The van der Waals surface area contributed by atoms with Crippen LogP contribution >= 0.6 is 0 Å². The fourth-order valence-electron chi connectivity index (χ4n) is 7.30. The Hall–Kier alpha value is -0.426. The van der Waals surface area contributed by atoms with Crippen molar-refractivity contribution in [2.45, 2.75) is 82.4 Å². The first-order valence-corrected chi connectivity index (χ1v) is 11.9. The van der Waals surface area contributed by atoms with Gasteiger partial charge in [-0.1, -0.05) is 32.1 Å². The van der Waals surface area contributed by atoms with E-state index >= 15 is 0 Å². The Kier molecular flexibility index (Phi) is 7.22. The SMILES string of the molecule is COC1CC([NH-])C2C(=O)C3CCCCC3C3=C(C(=O)C4CCCCC4)C(=O)NC1C32.[Y]. The van der Waals surface area contributed by atoms with E-state index in [0.717, 1.165) is 63.4 Å². The zero-order valence-corrected chi connectivity index (χ0v) is 21.2. The maximum Gasteiger partial charge on any atom is 0.255 e. The van der Waals surface area contributed by atoms with Gasteiger partial charge in [0.2, 0.25) is 0 Å². The molecule has 7 atom stereocenters. The van der Waals surface area contributed by atoms with Crippen LogP contribution < -0.4 is 5.32 Å². The van der Waals surface area contributed by atoms with Crippen LogP contribution in [-0.4, -0.2) is 42.8 Å². The molecule has 0 aromatic rings. The van der Waals surface area contributed by atoms with Crippen molar-refractivity contribution in [3.63, 3.8) is 0 Å². The second kappa shape index (κ2) is 9.44. The Morgan fingerprint density at radius 1 is 0.968 bits per heavy atom. The predicted octanol–water partition coefficient (Wildman–Crippen LogP) is 3.39. The standard InChI is InChI=1S/C24H33N2O4.Y/c1-30-16-11-15(25)18-19-17(13-9-5-6-10-14(13)23(18)28)20(24(29)26-21(16)19)22(27)12-7-3-2-4-8-12;/h12-16,18-19,21,25H,2-11H2,1H3,(H,26,29);/q-1;. The van der Waals surface area contributed by atoms with Crippen LogP contribution in [0.15, 0.2) is 11.1 Å². The van der Waals surface area contributed by atoms with Crippen molar-refractivity contribution in [2.75, 3.05) is 7.11 Å². The zero-order chi connectivity index (χ0) is 21.0. The molecular weight excluding hydrogens is 469 g/mol. The van der Waals surface area contributed by atoms with Gasteiger partial charge >= 0.3 is 0 Å². The van der Waals surface area contributed by atoms with Gasteiger partial charge in [0.25, 0.3) is 5.91 Å². The molecule has 0 saturated heterocycles. The van der Waals surface area contributed by atoms with E-state index in [4.69, 9.17) is 10.5 Å². The molecule has 4 saturated carbocycles. The summed E-state index contributed by atoms with van der Waals surface area (Å²) >= 11 is 0. The van der Waals surface area contributed by atoms with Gasteiger partial charge in [-0.25, -0.2) is 0 Å². The summed E-state index contributed by atoms with van der Waals surface area (Å²) in [7, 11) is 1.62. The molecule has 167 valence electrons. The molecule has 1 radical (unpaired) electrons. The molecule has 7 unspecified atom stereocenters. The number of carbonyl (C=O) groups excluding carboxylic acids is 3. The third kappa shape index (κ3) is 3.83. The van der Waals surface area contributed by atoms with Crippen molar-refractivity contribution < 1.29 is 51.8 Å². The molecule has 6 nitrogen and oxygen atoms in total. The molecule has 0 aromatic carbocycles. The van der Waals surface area contributed by atoms with Gasteiger partial charge in [-0.05, 0) is 43.6 Å². The summed E-state index contributed by atoms with van der Waals surface area (Å²) in [6, 6.07) is -0.846. The number of ether oxygens (including phenoxy) is 1. The molecule has 31 heavy (non-hydrogen) atoms. The fourth-order valence-corrected chi connectivity index (χ4v) is 7.30. The minimum Gasteiger partial charge on any atom is -0.674 e. The number of amides is 1. The average Bonchev–Trinajstić information content (AvgIpc) is 2.77. The number of nitrogens with one attached hydrogen (secondary N) is 2. The summed E-state index contributed by atoms with van der Waals surface area (Å²) in [5.74, 6) is -0.939. The van der Waals surface area contributed by atoms with Gasteiger partial charge in [0.05, 0.1) is 17.7 Å². The number of hydrogen-bond acceptors (Lipinski definition) is 4. The smallest absolute Gasteiger partial charge is 0.255 e. The van der Waals surface area contributed by atoms with E-state index in [0.29, 0.717) is 12.0 Å². The first kappa shape index (κ1) is 23.7. The van der Waals surface area contributed by atoms with Gasteiger partial charge in [0, 0.05) is 63.5 Å². The van der Waals surface area contributed by atoms with Crippen LogP contribution in [0.3, 0.4) is 0 Å². The topological polar surface area (TPSA) is 96.3 Å².